The van der Waals surface area contributed by atoms with Crippen molar-refractivity contribution < 1.29 is 8.78 Å². The smallest absolute Gasteiger partial charge is 0.162 e. The minimum atomic E-state index is -0.744. The van der Waals surface area contributed by atoms with Crippen LogP contribution in [0.3, 0.4) is 0 Å². The first-order chi connectivity index (χ1) is 6.52. The number of hydrogen-bond donors (Lipinski definition) is 1. The van der Waals surface area contributed by atoms with E-state index in [2.05, 4.69) is 0 Å². The molecule has 0 spiro atoms. The number of nitrogens with two attached hydrogens (primary N) is 1. The van der Waals surface area contributed by atoms with E-state index in [9.17, 15) is 8.78 Å². The molecular weight excluding hydrogens is 184 g/mol. The number of rotatable bonds is 2. The normalized spacial score (nSPS) is 18.3. The second kappa shape index (κ2) is 3.02. The summed E-state index contributed by atoms with van der Waals surface area (Å²) in [6.07, 6.45) is 2.25. The van der Waals surface area contributed by atoms with E-state index in [1.807, 2.05) is 0 Å². The van der Waals surface area contributed by atoms with Crippen molar-refractivity contribution in [2.75, 3.05) is 0 Å². The lowest BCUT2D eigenvalue weighted by Gasteiger charge is -2.10. The third kappa shape index (κ3) is 1.64. The minimum absolute atomic E-state index is 0.275. The van der Waals surface area contributed by atoms with Crippen LogP contribution in [0, 0.1) is 18.6 Å². The van der Waals surface area contributed by atoms with Gasteiger partial charge in [-0.1, -0.05) is 12.1 Å². The molecule has 2 rings (SSSR count). The van der Waals surface area contributed by atoms with E-state index >= 15 is 0 Å². The molecule has 0 aromatic heterocycles. The van der Waals surface area contributed by atoms with Crippen molar-refractivity contribution in [3.63, 3.8) is 0 Å². The first kappa shape index (κ1) is 9.59. The molecule has 1 aliphatic carbocycles. The highest BCUT2D eigenvalue weighted by molar-refractivity contribution is 5.28. The Labute approximate surface area is 81.9 Å². The lowest BCUT2D eigenvalue weighted by Crippen LogP contribution is -2.25. The third-order valence-electron chi connectivity index (χ3n) is 2.79. The number of halogens is 2. The van der Waals surface area contributed by atoms with Crippen LogP contribution in [0.4, 0.5) is 8.78 Å². The van der Waals surface area contributed by atoms with Crippen LogP contribution < -0.4 is 5.73 Å². The summed E-state index contributed by atoms with van der Waals surface area (Å²) < 4.78 is 26.6. The molecule has 0 heterocycles. The van der Waals surface area contributed by atoms with Gasteiger partial charge < -0.3 is 5.73 Å². The predicted octanol–water partition coefficient (Wildman–Crippen LogP) is 2.31. The van der Waals surface area contributed by atoms with Gasteiger partial charge in [0.25, 0.3) is 0 Å². The van der Waals surface area contributed by atoms with Gasteiger partial charge in [0, 0.05) is 5.54 Å². The maximum Gasteiger partial charge on any atom is 0.162 e. The zero-order valence-electron chi connectivity index (χ0n) is 8.11. The van der Waals surface area contributed by atoms with Crippen molar-refractivity contribution in [2.45, 2.75) is 31.7 Å². The Bertz CT molecular complexity index is 370. The standard InChI is InChI=1S/C11H13F2N/c1-7-2-3-8(10(13)9(7)12)6-11(14)4-5-11/h2-3H,4-6,14H2,1H3. The molecule has 0 unspecified atom stereocenters. The molecule has 0 saturated heterocycles. The summed E-state index contributed by atoms with van der Waals surface area (Å²) in [7, 11) is 0. The van der Waals surface area contributed by atoms with Gasteiger partial charge in [-0.3, -0.25) is 0 Å². The SMILES string of the molecule is Cc1ccc(CC2(N)CC2)c(F)c1F. The fourth-order valence-corrected chi connectivity index (χ4v) is 1.54. The van der Waals surface area contributed by atoms with E-state index in [0.717, 1.165) is 12.8 Å². The van der Waals surface area contributed by atoms with Crippen LogP contribution in [0.1, 0.15) is 24.0 Å². The summed E-state index contributed by atoms with van der Waals surface area (Å²) >= 11 is 0. The molecule has 76 valence electrons. The molecule has 1 aromatic carbocycles. The maximum absolute atomic E-state index is 13.4. The van der Waals surface area contributed by atoms with E-state index in [-0.39, 0.29) is 5.54 Å². The largest absolute Gasteiger partial charge is 0.325 e. The highest BCUT2D eigenvalue weighted by Crippen LogP contribution is 2.36. The Balaban J connectivity index is 2.30. The van der Waals surface area contributed by atoms with Crippen LogP contribution in [-0.2, 0) is 6.42 Å². The van der Waals surface area contributed by atoms with Crippen LogP contribution in [0.25, 0.3) is 0 Å². The van der Waals surface area contributed by atoms with Crippen molar-refractivity contribution in [1.29, 1.82) is 0 Å². The highest BCUT2D eigenvalue weighted by atomic mass is 19.2. The van der Waals surface area contributed by atoms with E-state index in [0.29, 0.717) is 17.5 Å². The Morgan fingerprint density at radius 3 is 2.50 bits per heavy atom. The molecule has 1 aliphatic rings. The van der Waals surface area contributed by atoms with Gasteiger partial charge in [0.1, 0.15) is 0 Å². The van der Waals surface area contributed by atoms with Crippen LogP contribution in [-0.4, -0.2) is 5.54 Å². The van der Waals surface area contributed by atoms with Crippen molar-refractivity contribution >= 4 is 0 Å². The molecule has 1 aromatic rings. The molecule has 1 saturated carbocycles. The number of hydrogen-bond acceptors (Lipinski definition) is 1. The lowest BCUT2D eigenvalue weighted by atomic mass is 10.0. The Kier molecular flexibility index (Phi) is 2.07. The number of aryl methyl sites for hydroxylation is 1. The summed E-state index contributed by atoms with van der Waals surface area (Å²) in [4.78, 5) is 0. The second-order valence-corrected chi connectivity index (χ2v) is 4.21. The summed E-state index contributed by atoms with van der Waals surface area (Å²) in [5.74, 6) is -1.48. The molecule has 3 heteroatoms. The average Bonchev–Trinajstić information content (AvgIpc) is 2.86. The molecule has 14 heavy (non-hydrogen) atoms. The highest BCUT2D eigenvalue weighted by Gasteiger charge is 2.38. The predicted molar refractivity (Wildman–Crippen MR) is 51.0 cm³/mol. The molecule has 0 atom stereocenters. The fourth-order valence-electron chi connectivity index (χ4n) is 1.54. The van der Waals surface area contributed by atoms with E-state index in [1.54, 1.807) is 19.1 Å². The zero-order chi connectivity index (χ0) is 10.3. The Morgan fingerprint density at radius 1 is 1.29 bits per heavy atom. The Hall–Kier alpha value is -0.960. The van der Waals surface area contributed by atoms with Gasteiger partial charge in [0.2, 0.25) is 0 Å². The second-order valence-electron chi connectivity index (χ2n) is 4.21. The molecule has 0 radical (unpaired) electrons. The topological polar surface area (TPSA) is 26.0 Å². The molecule has 0 bridgehead atoms. The van der Waals surface area contributed by atoms with Crippen LogP contribution in [0.15, 0.2) is 12.1 Å². The van der Waals surface area contributed by atoms with Crippen molar-refractivity contribution in [3.8, 4) is 0 Å². The van der Waals surface area contributed by atoms with Gasteiger partial charge in [0.05, 0.1) is 0 Å². The van der Waals surface area contributed by atoms with Gasteiger partial charge in [-0.15, -0.1) is 0 Å². The monoisotopic (exact) mass is 197 g/mol. The van der Waals surface area contributed by atoms with Gasteiger partial charge in [-0.05, 0) is 37.3 Å². The molecule has 2 N–H and O–H groups in total. The van der Waals surface area contributed by atoms with Crippen LogP contribution in [0.5, 0.6) is 0 Å². The van der Waals surface area contributed by atoms with Crippen LogP contribution in [0.2, 0.25) is 0 Å². The minimum Gasteiger partial charge on any atom is -0.325 e. The van der Waals surface area contributed by atoms with Gasteiger partial charge in [0.15, 0.2) is 11.6 Å². The first-order valence-electron chi connectivity index (χ1n) is 4.74. The van der Waals surface area contributed by atoms with E-state index in [1.165, 1.54) is 0 Å². The molecule has 1 nitrogen and oxygen atoms in total. The quantitative estimate of drug-likeness (QED) is 0.773. The molecular formula is C11H13F2N. The first-order valence-corrected chi connectivity index (χ1v) is 4.74. The third-order valence-corrected chi connectivity index (χ3v) is 2.79. The van der Waals surface area contributed by atoms with E-state index < -0.39 is 11.6 Å². The van der Waals surface area contributed by atoms with Crippen LogP contribution >= 0.6 is 0 Å². The van der Waals surface area contributed by atoms with Gasteiger partial charge >= 0.3 is 0 Å². The average molecular weight is 197 g/mol. The maximum atomic E-state index is 13.4. The molecule has 1 fully saturated rings. The van der Waals surface area contributed by atoms with Gasteiger partial charge in [-0.25, -0.2) is 8.78 Å². The van der Waals surface area contributed by atoms with Crippen molar-refractivity contribution in [3.05, 3.63) is 34.9 Å². The molecule has 0 amide bonds. The molecule has 0 aliphatic heterocycles. The van der Waals surface area contributed by atoms with E-state index in [4.69, 9.17) is 5.73 Å². The van der Waals surface area contributed by atoms with Crippen molar-refractivity contribution in [2.24, 2.45) is 5.73 Å². The lowest BCUT2D eigenvalue weighted by molar-refractivity contribution is 0.486. The summed E-state index contributed by atoms with van der Waals surface area (Å²) in [5, 5.41) is 0. The van der Waals surface area contributed by atoms with Crippen molar-refractivity contribution in [1.82, 2.24) is 0 Å². The summed E-state index contributed by atoms with van der Waals surface area (Å²) in [5.41, 5.74) is 6.31. The summed E-state index contributed by atoms with van der Waals surface area (Å²) in [6.45, 7) is 1.55. The fraction of sp³-hybridized carbons (Fsp3) is 0.455. The summed E-state index contributed by atoms with van der Waals surface area (Å²) in [6, 6.07) is 3.22. The zero-order valence-corrected chi connectivity index (χ0v) is 8.11. The van der Waals surface area contributed by atoms with Gasteiger partial charge in [-0.2, -0.15) is 0 Å². The Morgan fingerprint density at radius 2 is 1.93 bits per heavy atom. The number of benzene rings is 1.